The minimum absolute atomic E-state index is 0.00500. The van der Waals surface area contributed by atoms with Crippen LogP contribution in [0.4, 0.5) is 16.2 Å². The molecule has 3 aromatic carbocycles. The van der Waals surface area contributed by atoms with E-state index in [4.69, 9.17) is 9.47 Å². The first-order valence-electron chi connectivity index (χ1n) is 13.0. The zero-order chi connectivity index (χ0) is 28.2. The summed E-state index contributed by atoms with van der Waals surface area (Å²) in [5.41, 5.74) is 4.68. The van der Waals surface area contributed by atoms with Gasteiger partial charge in [0.2, 0.25) is 11.8 Å². The van der Waals surface area contributed by atoms with Gasteiger partial charge in [-0.3, -0.25) is 14.5 Å². The third-order valence-electron chi connectivity index (χ3n) is 6.44. The van der Waals surface area contributed by atoms with Crippen LogP contribution in [0.3, 0.4) is 0 Å². The molecule has 3 aromatic rings. The molecule has 3 amide bonds. The van der Waals surface area contributed by atoms with E-state index in [9.17, 15) is 14.4 Å². The Bertz CT molecular complexity index is 1220. The fourth-order valence-corrected chi connectivity index (χ4v) is 3.82. The molecule has 0 heterocycles. The molecule has 0 aliphatic carbocycles. The zero-order valence-electron chi connectivity index (χ0n) is 23.1. The van der Waals surface area contributed by atoms with Crippen LogP contribution < -0.4 is 19.9 Å². The lowest BCUT2D eigenvalue weighted by molar-refractivity contribution is -0.120. The van der Waals surface area contributed by atoms with E-state index in [1.807, 2.05) is 79.7 Å². The van der Waals surface area contributed by atoms with Gasteiger partial charge >= 0.3 is 6.09 Å². The molecule has 0 aliphatic heterocycles. The summed E-state index contributed by atoms with van der Waals surface area (Å²) in [4.78, 5) is 39.5. The van der Waals surface area contributed by atoms with E-state index in [0.717, 1.165) is 28.1 Å². The topological polar surface area (TPSA) is 88.2 Å². The van der Waals surface area contributed by atoms with E-state index in [1.54, 1.807) is 26.0 Å². The van der Waals surface area contributed by atoms with E-state index in [0.29, 0.717) is 31.6 Å². The maximum absolute atomic E-state index is 12.6. The van der Waals surface area contributed by atoms with Crippen molar-refractivity contribution < 1.29 is 23.9 Å². The van der Waals surface area contributed by atoms with Gasteiger partial charge in [0, 0.05) is 45.4 Å². The third-order valence-corrected chi connectivity index (χ3v) is 6.44. The molecular weight excluding hydrogens is 494 g/mol. The van der Waals surface area contributed by atoms with Crippen molar-refractivity contribution in [3.05, 3.63) is 89.5 Å². The van der Waals surface area contributed by atoms with Crippen LogP contribution in [-0.2, 0) is 27.2 Å². The monoisotopic (exact) mass is 531 g/mol. The predicted molar refractivity (Wildman–Crippen MR) is 153 cm³/mol. The summed E-state index contributed by atoms with van der Waals surface area (Å²) >= 11 is 0. The first-order valence-corrected chi connectivity index (χ1v) is 13.0. The SMILES string of the molecule is CNC(=O)CCc1ccc(N(C)C(=O)OCCc2ccc(N(C)C(=O)CCOc3ccc(C)cc3)cc2)cc1. The van der Waals surface area contributed by atoms with Crippen molar-refractivity contribution >= 4 is 29.3 Å². The minimum atomic E-state index is -0.442. The van der Waals surface area contributed by atoms with E-state index in [2.05, 4.69) is 5.32 Å². The van der Waals surface area contributed by atoms with Crippen LogP contribution in [-0.4, -0.2) is 52.3 Å². The van der Waals surface area contributed by atoms with E-state index < -0.39 is 6.09 Å². The number of amides is 3. The van der Waals surface area contributed by atoms with Crippen molar-refractivity contribution in [2.24, 2.45) is 0 Å². The number of anilines is 2. The number of aryl methyl sites for hydroxylation is 2. The van der Waals surface area contributed by atoms with Crippen LogP contribution in [0.15, 0.2) is 72.8 Å². The first-order chi connectivity index (χ1) is 18.8. The quantitative estimate of drug-likeness (QED) is 0.358. The molecule has 0 aromatic heterocycles. The number of carbonyl (C=O) groups excluding carboxylic acids is 3. The van der Waals surface area contributed by atoms with Gasteiger partial charge in [-0.05, 0) is 60.9 Å². The molecule has 0 saturated carbocycles. The average molecular weight is 532 g/mol. The summed E-state index contributed by atoms with van der Waals surface area (Å²) in [6.07, 6.45) is 1.45. The van der Waals surface area contributed by atoms with Gasteiger partial charge in [-0.2, -0.15) is 0 Å². The molecule has 0 unspecified atom stereocenters. The van der Waals surface area contributed by atoms with Gasteiger partial charge in [0.05, 0.1) is 19.6 Å². The fourth-order valence-electron chi connectivity index (χ4n) is 3.82. The van der Waals surface area contributed by atoms with Gasteiger partial charge in [-0.15, -0.1) is 0 Å². The van der Waals surface area contributed by atoms with Crippen molar-refractivity contribution in [3.8, 4) is 5.75 Å². The maximum atomic E-state index is 12.6. The van der Waals surface area contributed by atoms with Crippen molar-refractivity contribution in [1.82, 2.24) is 5.32 Å². The normalized spacial score (nSPS) is 10.5. The first kappa shape index (κ1) is 29.2. The number of carbonyl (C=O) groups is 3. The molecule has 8 nitrogen and oxygen atoms in total. The molecule has 206 valence electrons. The van der Waals surface area contributed by atoms with Crippen molar-refractivity contribution in [2.75, 3.05) is 44.2 Å². The Morgan fingerprint density at radius 1 is 0.718 bits per heavy atom. The molecule has 0 atom stereocenters. The Kier molecular flexibility index (Phi) is 10.9. The molecule has 0 radical (unpaired) electrons. The molecule has 1 N–H and O–H groups in total. The lowest BCUT2D eigenvalue weighted by atomic mass is 10.1. The Morgan fingerprint density at radius 2 is 1.28 bits per heavy atom. The van der Waals surface area contributed by atoms with Crippen LogP contribution in [0.25, 0.3) is 0 Å². The third kappa shape index (κ3) is 9.17. The smallest absolute Gasteiger partial charge is 0.414 e. The molecule has 0 bridgehead atoms. The molecule has 0 fully saturated rings. The maximum Gasteiger partial charge on any atom is 0.414 e. The second-order valence-corrected chi connectivity index (χ2v) is 9.29. The van der Waals surface area contributed by atoms with Crippen molar-refractivity contribution in [3.63, 3.8) is 0 Å². The number of benzene rings is 3. The van der Waals surface area contributed by atoms with E-state index in [1.165, 1.54) is 4.90 Å². The Hall–Kier alpha value is -4.33. The predicted octanol–water partition coefficient (Wildman–Crippen LogP) is 4.92. The Balaban J connectivity index is 1.39. The van der Waals surface area contributed by atoms with Gasteiger partial charge in [0.25, 0.3) is 0 Å². The van der Waals surface area contributed by atoms with Gasteiger partial charge in [0.15, 0.2) is 0 Å². The summed E-state index contributed by atoms with van der Waals surface area (Å²) < 4.78 is 11.1. The molecule has 39 heavy (non-hydrogen) atoms. The number of nitrogens with one attached hydrogen (secondary N) is 1. The van der Waals surface area contributed by atoms with Gasteiger partial charge in [-0.25, -0.2) is 4.79 Å². The summed E-state index contributed by atoms with van der Waals surface area (Å²) in [5.74, 6) is 0.709. The number of hydrogen-bond donors (Lipinski definition) is 1. The highest BCUT2D eigenvalue weighted by Crippen LogP contribution is 2.18. The van der Waals surface area contributed by atoms with Crippen LogP contribution in [0.5, 0.6) is 5.75 Å². The van der Waals surface area contributed by atoms with Gasteiger partial charge < -0.3 is 19.7 Å². The van der Waals surface area contributed by atoms with Crippen molar-refractivity contribution in [1.29, 1.82) is 0 Å². The number of rotatable bonds is 12. The molecule has 0 aliphatic rings. The second-order valence-electron chi connectivity index (χ2n) is 9.29. The highest BCUT2D eigenvalue weighted by Gasteiger charge is 2.14. The second kappa shape index (κ2) is 14.6. The summed E-state index contributed by atoms with van der Waals surface area (Å²) in [6, 6.07) is 22.8. The van der Waals surface area contributed by atoms with Crippen LogP contribution in [0, 0.1) is 6.92 Å². The lowest BCUT2D eigenvalue weighted by Gasteiger charge is -2.19. The number of nitrogens with zero attached hydrogens (tertiary/aromatic N) is 2. The zero-order valence-corrected chi connectivity index (χ0v) is 23.1. The summed E-state index contributed by atoms with van der Waals surface area (Å²) in [5, 5.41) is 2.61. The number of hydrogen-bond acceptors (Lipinski definition) is 5. The van der Waals surface area contributed by atoms with Crippen LogP contribution in [0.2, 0.25) is 0 Å². The average Bonchev–Trinajstić information content (AvgIpc) is 2.96. The van der Waals surface area contributed by atoms with Crippen LogP contribution >= 0.6 is 0 Å². The van der Waals surface area contributed by atoms with Crippen LogP contribution in [0.1, 0.15) is 29.5 Å². The lowest BCUT2D eigenvalue weighted by Crippen LogP contribution is -2.28. The Labute approximate surface area is 230 Å². The summed E-state index contributed by atoms with van der Waals surface area (Å²) in [6.45, 7) is 2.56. The molecule has 0 spiro atoms. The highest BCUT2D eigenvalue weighted by atomic mass is 16.6. The molecular formula is C31H37N3O5. The highest BCUT2D eigenvalue weighted by molar-refractivity contribution is 5.92. The summed E-state index contributed by atoms with van der Waals surface area (Å²) in [7, 11) is 5.03. The number of ether oxygens (including phenoxy) is 2. The van der Waals surface area contributed by atoms with Gasteiger partial charge in [-0.1, -0.05) is 42.0 Å². The minimum Gasteiger partial charge on any atom is -0.493 e. The standard InChI is InChI=1S/C31H37N3O5/c1-23-5-16-28(17-6-23)38-22-20-30(36)33(3)26-12-9-25(10-13-26)19-21-39-31(37)34(4)27-14-7-24(8-15-27)11-18-29(35)32-2/h5-10,12-17H,11,18-22H2,1-4H3,(H,32,35). The molecule has 3 rings (SSSR count). The van der Waals surface area contributed by atoms with E-state index in [-0.39, 0.29) is 24.8 Å². The Morgan fingerprint density at radius 3 is 1.87 bits per heavy atom. The van der Waals surface area contributed by atoms with Crippen molar-refractivity contribution in [2.45, 2.75) is 32.6 Å². The van der Waals surface area contributed by atoms with E-state index >= 15 is 0 Å². The van der Waals surface area contributed by atoms with Gasteiger partial charge in [0.1, 0.15) is 5.75 Å². The molecule has 0 saturated heterocycles. The fraction of sp³-hybridized carbons (Fsp3) is 0.323. The molecule has 8 heteroatoms. The largest absolute Gasteiger partial charge is 0.493 e.